The van der Waals surface area contributed by atoms with Crippen molar-refractivity contribution in [2.75, 3.05) is 12.8 Å². The summed E-state index contributed by atoms with van der Waals surface area (Å²) in [6.07, 6.45) is 0. The van der Waals surface area contributed by atoms with Crippen LogP contribution in [0.5, 0.6) is 5.88 Å². The molecule has 1 aromatic heterocycles. The highest BCUT2D eigenvalue weighted by Crippen LogP contribution is 2.25. The minimum absolute atomic E-state index is 0.00759. The van der Waals surface area contributed by atoms with Crippen LogP contribution in [-0.4, -0.2) is 23.2 Å². The molecule has 0 spiro atoms. The highest BCUT2D eigenvalue weighted by Gasteiger charge is 2.14. The number of methoxy groups -OCH3 is 1. The third kappa shape index (κ3) is 1.89. The maximum Gasteiger partial charge on any atom is 0.341 e. The molecule has 0 atom stereocenters. The van der Waals surface area contributed by atoms with Crippen molar-refractivity contribution in [2.24, 2.45) is 0 Å². The molecule has 1 rings (SSSR count). The van der Waals surface area contributed by atoms with Crippen LogP contribution in [0.2, 0.25) is 0 Å². The first kappa shape index (κ1) is 9.79. The highest BCUT2D eigenvalue weighted by atomic mass is 79.9. The molecular formula is C7H7BrN2O3. The van der Waals surface area contributed by atoms with Crippen LogP contribution >= 0.6 is 15.9 Å². The Morgan fingerprint density at radius 1 is 1.77 bits per heavy atom. The summed E-state index contributed by atoms with van der Waals surface area (Å²) in [6, 6.07) is 1.35. The maximum absolute atomic E-state index is 10.7. The van der Waals surface area contributed by atoms with Gasteiger partial charge in [0.25, 0.3) is 0 Å². The fourth-order valence-corrected chi connectivity index (χ4v) is 1.11. The zero-order valence-corrected chi connectivity index (χ0v) is 8.33. The molecule has 0 aromatic carbocycles. The van der Waals surface area contributed by atoms with E-state index in [-0.39, 0.29) is 17.3 Å². The molecule has 0 saturated heterocycles. The van der Waals surface area contributed by atoms with E-state index >= 15 is 0 Å². The molecule has 0 radical (unpaired) electrons. The molecule has 0 amide bonds. The van der Waals surface area contributed by atoms with Crippen molar-refractivity contribution in [3.8, 4) is 5.88 Å². The second kappa shape index (κ2) is 3.61. The van der Waals surface area contributed by atoms with Gasteiger partial charge in [-0.05, 0) is 22.0 Å². The summed E-state index contributed by atoms with van der Waals surface area (Å²) in [4.78, 5) is 14.4. The van der Waals surface area contributed by atoms with E-state index in [9.17, 15) is 4.79 Å². The number of aromatic carboxylic acids is 1. The van der Waals surface area contributed by atoms with E-state index in [1.807, 2.05) is 0 Å². The van der Waals surface area contributed by atoms with Crippen molar-refractivity contribution in [3.63, 3.8) is 0 Å². The lowest BCUT2D eigenvalue weighted by molar-refractivity contribution is 0.0692. The number of carbonyl (C=O) groups is 1. The number of aromatic nitrogens is 1. The molecule has 5 nitrogen and oxygen atoms in total. The molecule has 1 aromatic rings. The summed E-state index contributed by atoms with van der Waals surface area (Å²) in [5.74, 6) is -0.903. The second-order valence-corrected chi connectivity index (χ2v) is 3.07. The van der Waals surface area contributed by atoms with Gasteiger partial charge in [0.1, 0.15) is 11.4 Å². The average molecular weight is 247 g/mol. The van der Waals surface area contributed by atoms with E-state index in [4.69, 9.17) is 15.6 Å². The third-order valence-electron chi connectivity index (χ3n) is 1.39. The molecule has 0 unspecified atom stereocenters. The third-order valence-corrected chi connectivity index (χ3v) is 2.03. The quantitative estimate of drug-likeness (QED) is 0.818. The number of nitrogen functional groups attached to an aromatic ring is 1. The van der Waals surface area contributed by atoms with Gasteiger partial charge < -0.3 is 15.6 Å². The first-order valence-electron chi connectivity index (χ1n) is 3.29. The Labute approximate surface area is 82.7 Å². The van der Waals surface area contributed by atoms with Crippen LogP contribution in [0.4, 0.5) is 5.82 Å². The molecule has 70 valence electrons. The average Bonchev–Trinajstić information content (AvgIpc) is 2.08. The number of pyridine rings is 1. The molecule has 0 saturated carbocycles. The van der Waals surface area contributed by atoms with E-state index in [0.29, 0.717) is 4.47 Å². The molecular weight excluding hydrogens is 240 g/mol. The number of nitrogens with zero attached hydrogens (tertiary/aromatic N) is 1. The van der Waals surface area contributed by atoms with Gasteiger partial charge in [-0.25, -0.2) is 4.79 Å². The fourth-order valence-electron chi connectivity index (χ4n) is 0.794. The maximum atomic E-state index is 10.7. The summed E-state index contributed by atoms with van der Waals surface area (Å²) in [5, 5.41) is 8.73. The zero-order chi connectivity index (χ0) is 10.0. The normalized spacial score (nSPS) is 9.69. The summed E-state index contributed by atoms with van der Waals surface area (Å²) < 4.78 is 5.19. The van der Waals surface area contributed by atoms with Crippen LogP contribution in [0, 0.1) is 0 Å². The van der Waals surface area contributed by atoms with E-state index in [2.05, 4.69) is 20.9 Å². The molecule has 6 heteroatoms. The van der Waals surface area contributed by atoms with Crippen LogP contribution in [0.3, 0.4) is 0 Å². The molecule has 0 aliphatic rings. The van der Waals surface area contributed by atoms with Crippen molar-refractivity contribution in [3.05, 3.63) is 16.1 Å². The van der Waals surface area contributed by atoms with Crippen LogP contribution in [-0.2, 0) is 0 Å². The van der Waals surface area contributed by atoms with Crippen LogP contribution in [0.15, 0.2) is 10.5 Å². The van der Waals surface area contributed by atoms with Crippen LogP contribution in [0.1, 0.15) is 10.4 Å². The highest BCUT2D eigenvalue weighted by molar-refractivity contribution is 9.10. The van der Waals surface area contributed by atoms with Gasteiger partial charge in [0, 0.05) is 0 Å². The molecule has 0 aliphatic carbocycles. The number of carboxylic acids is 1. The Hall–Kier alpha value is -1.30. The van der Waals surface area contributed by atoms with E-state index < -0.39 is 5.97 Å². The van der Waals surface area contributed by atoms with Crippen molar-refractivity contribution < 1.29 is 14.6 Å². The summed E-state index contributed by atoms with van der Waals surface area (Å²) >= 11 is 3.07. The van der Waals surface area contributed by atoms with Gasteiger partial charge in [-0.2, -0.15) is 4.98 Å². The van der Waals surface area contributed by atoms with Gasteiger partial charge in [-0.3, -0.25) is 0 Å². The Balaban J connectivity index is 3.33. The van der Waals surface area contributed by atoms with Gasteiger partial charge >= 0.3 is 5.97 Å². The van der Waals surface area contributed by atoms with E-state index in [1.54, 1.807) is 0 Å². The number of hydrogen-bond donors (Lipinski definition) is 2. The van der Waals surface area contributed by atoms with Gasteiger partial charge in [0.15, 0.2) is 0 Å². The Bertz CT molecular complexity index is 354. The Morgan fingerprint density at radius 2 is 2.38 bits per heavy atom. The molecule has 1 heterocycles. The molecule has 0 aliphatic heterocycles. The van der Waals surface area contributed by atoms with Crippen molar-refractivity contribution in [2.45, 2.75) is 0 Å². The minimum Gasteiger partial charge on any atom is -0.480 e. The number of hydrogen-bond acceptors (Lipinski definition) is 4. The number of rotatable bonds is 2. The van der Waals surface area contributed by atoms with Crippen molar-refractivity contribution in [1.82, 2.24) is 4.98 Å². The summed E-state index contributed by atoms with van der Waals surface area (Å²) in [7, 11) is 1.34. The fraction of sp³-hybridized carbons (Fsp3) is 0.143. The lowest BCUT2D eigenvalue weighted by Crippen LogP contribution is -2.04. The predicted molar refractivity (Wildman–Crippen MR) is 49.9 cm³/mol. The zero-order valence-electron chi connectivity index (χ0n) is 6.74. The van der Waals surface area contributed by atoms with Crippen molar-refractivity contribution >= 4 is 27.7 Å². The molecule has 0 fully saturated rings. The van der Waals surface area contributed by atoms with Gasteiger partial charge in [-0.1, -0.05) is 0 Å². The summed E-state index contributed by atoms with van der Waals surface area (Å²) in [6.45, 7) is 0. The van der Waals surface area contributed by atoms with Crippen LogP contribution in [0.25, 0.3) is 0 Å². The standard InChI is InChI=1S/C7H7BrN2O3/c1-13-6-3(7(11)12)2-4(8)5(9)10-6/h2H,1H3,(H2,9,10)(H,11,12). The SMILES string of the molecule is COc1nc(N)c(Br)cc1C(=O)O. The number of ether oxygens (including phenoxy) is 1. The predicted octanol–water partition coefficient (Wildman–Crippen LogP) is 1.13. The molecule has 0 bridgehead atoms. The number of carboxylic acid groups (broad SMARTS) is 1. The van der Waals surface area contributed by atoms with Gasteiger partial charge in [-0.15, -0.1) is 0 Å². The number of halogens is 1. The molecule has 3 N–H and O–H groups in total. The topological polar surface area (TPSA) is 85.4 Å². The lowest BCUT2D eigenvalue weighted by Gasteiger charge is -2.05. The van der Waals surface area contributed by atoms with Crippen LogP contribution < -0.4 is 10.5 Å². The summed E-state index contributed by atoms with van der Waals surface area (Å²) in [5.41, 5.74) is 5.41. The monoisotopic (exact) mass is 246 g/mol. The van der Waals surface area contributed by atoms with Gasteiger partial charge in [0.05, 0.1) is 11.6 Å². The number of anilines is 1. The van der Waals surface area contributed by atoms with E-state index in [1.165, 1.54) is 13.2 Å². The van der Waals surface area contributed by atoms with Crippen molar-refractivity contribution in [1.29, 1.82) is 0 Å². The lowest BCUT2D eigenvalue weighted by atomic mass is 10.3. The Morgan fingerprint density at radius 3 is 2.85 bits per heavy atom. The second-order valence-electron chi connectivity index (χ2n) is 2.22. The minimum atomic E-state index is -1.11. The van der Waals surface area contributed by atoms with Gasteiger partial charge in [0.2, 0.25) is 5.88 Å². The smallest absolute Gasteiger partial charge is 0.341 e. The van der Waals surface area contributed by atoms with E-state index in [0.717, 1.165) is 0 Å². The first-order valence-corrected chi connectivity index (χ1v) is 4.09. The first-order chi connectivity index (χ1) is 6.06. The molecule has 13 heavy (non-hydrogen) atoms. The number of nitrogens with two attached hydrogens (primary N) is 1. The largest absolute Gasteiger partial charge is 0.480 e. The Kier molecular flexibility index (Phi) is 2.72.